The number of nitrogens with zero attached hydrogens (tertiary/aromatic N) is 4. The summed E-state index contributed by atoms with van der Waals surface area (Å²) in [6, 6.07) is 0.265. The van der Waals surface area contributed by atoms with Gasteiger partial charge in [-0.2, -0.15) is 5.10 Å². The van der Waals surface area contributed by atoms with Gasteiger partial charge in [0.25, 0.3) is 0 Å². The van der Waals surface area contributed by atoms with E-state index in [1.54, 1.807) is 11.1 Å². The van der Waals surface area contributed by atoms with Crippen molar-refractivity contribution >= 4 is 38.6 Å². The van der Waals surface area contributed by atoms with Gasteiger partial charge in [-0.1, -0.05) is 0 Å². The maximum absolute atomic E-state index is 15.0. The molecule has 9 heteroatoms. The smallest absolute Gasteiger partial charge is 0.410 e. The molecule has 2 fully saturated rings. The molecule has 3 aliphatic rings. The fourth-order valence-corrected chi connectivity index (χ4v) is 5.42. The van der Waals surface area contributed by atoms with Crippen LogP contribution in [-0.2, 0) is 22.7 Å². The van der Waals surface area contributed by atoms with Gasteiger partial charge in [0.05, 0.1) is 29.6 Å². The SMILES string of the molecule is CC(C)(C)OC(=O)N1CC2CCC(C1)N2c1cnnc2c(F)c(Br)c3c(c12)COC3. The molecule has 3 aliphatic heterocycles. The maximum atomic E-state index is 15.0. The zero-order valence-corrected chi connectivity index (χ0v) is 18.8. The van der Waals surface area contributed by atoms with Crippen LogP contribution in [0.4, 0.5) is 14.9 Å². The number of amides is 1. The minimum absolute atomic E-state index is 0.133. The quantitative estimate of drug-likeness (QED) is 0.613. The van der Waals surface area contributed by atoms with Crippen molar-refractivity contribution in [3.05, 3.63) is 27.6 Å². The lowest BCUT2D eigenvalue weighted by atomic mass is 10.0. The molecule has 30 heavy (non-hydrogen) atoms. The molecule has 2 aromatic rings. The molecule has 7 nitrogen and oxygen atoms in total. The Morgan fingerprint density at radius 1 is 1.23 bits per heavy atom. The van der Waals surface area contributed by atoms with E-state index < -0.39 is 11.4 Å². The Morgan fingerprint density at radius 3 is 2.57 bits per heavy atom. The van der Waals surface area contributed by atoms with Gasteiger partial charge in [0, 0.05) is 36.1 Å². The van der Waals surface area contributed by atoms with E-state index in [0.717, 1.165) is 35.0 Å². The minimum Gasteiger partial charge on any atom is -0.444 e. The summed E-state index contributed by atoms with van der Waals surface area (Å²) in [6.45, 7) is 7.58. The van der Waals surface area contributed by atoms with Crippen molar-refractivity contribution < 1.29 is 18.7 Å². The lowest BCUT2D eigenvalue weighted by Crippen LogP contribution is -2.56. The van der Waals surface area contributed by atoms with E-state index in [0.29, 0.717) is 30.8 Å². The molecule has 160 valence electrons. The number of carbonyl (C=O) groups excluding carboxylic acids is 1. The zero-order valence-electron chi connectivity index (χ0n) is 17.2. The summed E-state index contributed by atoms with van der Waals surface area (Å²) in [5.74, 6) is -0.400. The van der Waals surface area contributed by atoms with Gasteiger partial charge in [0.15, 0.2) is 5.82 Å². The van der Waals surface area contributed by atoms with Gasteiger partial charge in [-0.15, -0.1) is 5.10 Å². The van der Waals surface area contributed by atoms with E-state index in [2.05, 4.69) is 31.0 Å². The second-order valence-corrected chi connectivity index (χ2v) is 10.0. The molecule has 0 spiro atoms. The first-order valence-electron chi connectivity index (χ1n) is 10.2. The number of aromatic nitrogens is 2. The first-order chi connectivity index (χ1) is 14.2. The van der Waals surface area contributed by atoms with E-state index in [4.69, 9.17) is 9.47 Å². The van der Waals surface area contributed by atoms with Crippen molar-refractivity contribution in [2.45, 2.75) is 64.5 Å². The van der Waals surface area contributed by atoms with E-state index in [9.17, 15) is 4.79 Å². The van der Waals surface area contributed by atoms with Crippen molar-refractivity contribution in [1.29, 1.82) is 0 Å². The predicted molar refractivity (Wildman–Crippen MR) is 113 cm³/mol. The number of piperazine rings is 1. The van der Waals surface area contributed by atoms with Gasteiger partial charge >= 0.3 is 6.09 Å². The second-order valence-electron chi connectivity index (χ2n) is 9.21. The molecule has 0 radical (unpaired) electrons. The summed E-state index contributed by atoms with van der Waals surface area (Å²) in [4.78, 5) is 16.7. The van der Waals surface area contributed by atoms with Gasteiger partial charge in [-0.3, -0.25) is 0 Å². The van der Waals surface area contributed by atoms with Gasteiger partial charge in [0.2, 0.25) is 0 Å². The number of halogens is 2. The second kappa shape index (κ2) is 7.02. The largest absolute Gasteiger partial charge is 0.444 e. The van der Waals surface area contributed by atoms with Crippen LogP contribution in [-0.4, -0.2) is 52.0 Å². The van der Waals surface area contributed by atoms with Crippen LogP contribution in [0.2, 0.25) is 0 Å². The van der Waals surface area contributed by atoms with Gasteiger partial charge in [0.1, 0.15) is 11.1 Å². The molecule has 4 heterocycles. The third-order valence-electron chi connectivity index (χ3n) is 6.07. The van der Waals surface area contributed by atoms with Crippen molar-refractivity contribution in [1.82, 2.24) is 15.1 Å². The first-order valence-corrected chi connectivity index (χ1v) is 11.0. The monoisotopic (exact) mass is 478 g/mol. The molecular formula is C21H24BrFN4O3. The molecule has 2 atom stereocenters. The molecular weight excluding hydrogens is 455 g/mol. The number of hydrogen-bond donors (Lipinski definition) is 0. The van der Waals surface area contributed by atoms with Crippen LogP contribution in [0.15, 0.2) is 10.7 Å². The first kappa shape index (κ1) is 19.9. The molecule has 2 bridgehead atoms. The summed E-state index contributed by atoms with van der Waals surface area (Å²) >= 11 is 3.36. The van der Waals surface area contributed by atoms with Crippen LogP contribution >= 0.6 is 15.9 Å². The van der Waals surface area contributed by atoms with Crippen LogP contribution < -0.4 is 4.90 Å². The molecule has 1 aromatic carbocycles. The average Bonchev–Trinajstić information content (AvgIpc) is 3.26. The summed E-state index contributed by atoms with van der Waals surface area (Å²) in [5, 5.41) is 9.00. The van der Waals surface area contributed by atoms with Crippen LogP contribution in [0.1, 0.15) is 44.7 Å². The number of carbonyl (C=O) groups is 1. The third-order valence-corrected chi connectivity index (χ3v) is 6.89. The Kier molecular flexibility index (Phi) is 4.66. The summed E-state index contributed by atoms with van der Waals surface area (Å²) in [6.07, 6.45) is 3.38. The van der Waals surface area contributed by atoms with E-state index in [-0.39, 0.29) is 23.7 Å². The van der Waals surface area contributed by atoms with Gasteiger partial charge in [-0.05, 0) is 55.1 Å². The van der Waals surface area contributed by atoms with Crippen molar-refractivity contribution in [2.24, 2.45) is 0 Å². The number of likely N-dealkylation sites (tertiary alicyclic amines) is 1. The molecule has 1 aromatic heterocycles. The lowest BCUT2D eigenvalue weighted by molar-refractivity contribution is 0.0210. The zero-order chi connectivity index (χ0) is 21.2. The van der Waals surface area contributed by atoms with Crippen LogP contribution in [0.25, 0.3) is 10.9 Å². The van der Waals surface area contributed by atoms with Crippen molar-refractivity contribution in [2.75, 3.05) is 18.0 Å². The highest BCUT2D eigenvalue weighted by atomic mass is 79.9. The molecule has 0 N–H and O–H groups in total. The summed E-state index contributed by atoms with van der Waals surface area (Å²) < 4.78 is 26.7. The maximum Gasteiger partial charge on any atom is 0.410 e. The standard InChI is InChI=1S/C21H24BrFN4O3/c1-21(2,3)30-20(28)26-7-11-4-5-12(8-26)27(11)15-6-24-25-19-16(15)13-9-29-10-14(13)17(22)18(19)23/h6,11-12H,4-5,7-10H2,1-3H3. The van der Waals surface area contributed by atoms with Crippen LogP contribution in [0.5, 0.6) is 0 Å². The summed E-state index contributed by atoms with van der Waals surface area (Å²) in [7, 11) is 0. The number of rotatable bonds is 1. The van der Waals surface area contributed by atoms with E-state index in [1.165, 1.54) is 0 Å². The third kappa shape index (κ3) is 3.13. The topological polar surface area (TPSA) is 67.8 Å². The lowest BCUT2D eigenvalue weighted by Gasteiger charge is -2.42. The number of benzene rings is 1. The highest BCUT2D eigenvalue weighted by molar-refractivity contribution is 9.10. The summed E-state index contributed by atoms with van der Waals surface area (Å²) in [5.41, 5.74) is 2.43. The predicted octanol–water partition coefficient (Wildman–Crippen LogP) is 4.15. The van der Waals surface area contributed by atoms with Crippen LogP contribution in [0, 0.1) is 5.82 Å². The highest BCUT2D eigenvalue weighted by Gasteiger charge is 2.43. The van der Waals surface area contributed by atoms with Crippen LogP contribution in [0.3, 0.4) is 0 Å². The Morgan fingerprint density at radius 2 is 1.90 bits per heavy atom. The molecule has 5 rings (SSSR count). The van der Waals surface area contributed by atoms with Crippen molar-refractivity contribution in [3.63, 3.8) is 0 Å². The normalized spacial score (nSPS) is 23.2. The van der Waals surface area contributed by atoms with E-state index >= 15 is 4.39 Å². The van der Waals surface area contributed by atoms with Crippen molar-refractivity contribution in [3.8, 4) is 0 Å². The number of anilines is 1. The van der Waals surface area contributed by atoms with E-state index in [1.807, 2.05) is 20.8 Å². The number of ether oxygens (including phenoxy) is 2. The Hall–Kier alpha value is -2.00. The van der Waals surface area contributed by atoms with Gasteiger partial charge in [-0.25, -0.2) is 9.18 Å². The minimum atomic E-state index is -0.524. The molecule has 0 saturated carbocycles. The molecule has 0 aliphatic carbocycles. The van der Waals surface area contributed by atoms with Gasteiger partial charge < -0.3 is 19.3 Å². The highest BCUT2D eigenvalue weighted by Crippen LogP contribution is 2.44. The Labute approximate surface area is 182 Å². The fourth-order valence-electron chi connectivity index (χ4n) is 4.88. The molecule has 2 saturated heterocycles. The molecule has 1 amide bonds. The number of fused-ring (bicyclic) bond motifs is 5. The Bertz CT molecular complexity index is 1030. The molecule has 2 unspecified atom stereocenters. The average molecular weight is 479 g/mol. The number of hydrogen-bond acceptors (Lipinski definition) is 6. The fraction of sp³-hybridized carbons (Fsp3) is 0.571. The Balaban J connectivity index is 1.53.